The number of rotatable bonds is 8. The summed E-state index contributed by atoms with van der Waals surface area (Å²) in [4.78, 5) is 34.9. The minimum atomic E-state index is -1.90. The molecule has 0 saturated carbocycles. The van der Waals surface area contributed by atoms with Crippen LogP contribution >= 0.6 is 11.6 Å². The van der Waals surface area contributed by atoms with Crippen LogP contribution in [0.1, 0.15) is 15.9 Å². The molecule has 1 unspecified atom stereocenters. The van der Waals surface area contributed by atoms with Crippen LogP contribution in [-0.4, -0.2) is 38.2 Å². The molecular formula is C27H22ClN5O4. The molecule has 9 nitrogen and oxygen atoms in total. The number of amides is 2. The summed E-state index contributed by atoms with van der Waals surface area (Å²) in [6, 6.07) is 18.9. The van der Waals surface area contributed by atoms with E-state index >= 15 is 0 Å². The van der Waals surface area contributed by atoms with Crippen molar-refractivity contribution in [3.05, 3.63) is 114 Å². The maximum absolute atomic E-state index is 13.6. The molecule has 0 bridgehead atoms. The highest BCUT2D eigenvalue weighted by Crippen LogP contribution is 2.28. The number of nitrogens with zero attached hydrogens (tertiary/aromatic N) is 3. The lowest BCUT2D eigenvalue weighted by atomic mass is 9.97. The summed E-state index contributed by atoms with van der Waals surface area (Å²) >= 11 is 6.12. The van der Waals surface area contributed by atoms with Crippen molar-refractivity contribution < 1.29 is 19.1 Å². The highest BCUT2D eigenvalue weighted by molar-refractivity contribution is 6.30. The summed E-state index contributed by atoms with van der Waals surface area (Å²) in [5, 5.41) is 3.47. The zero-order chi connectivity index (χ0) is 25.8. The first-order valence-corrected chi connectivity index (χ1v) is 11.7. The van der Waals surface area contributed by atoms with Crippen molar-refractivity contribution in [3.8, 4) is 17.1 Å². The fourth-order valence-electron chi connectivity index (χ4n) is 4.12. The molecule has 1 aliphatic rings. The number of aromatic nitrogens is 3. The number of imidazole rings is 1. The van der Waals surface area contributed by atoms with Crippen LogP contribution in [0.25, 0.3) is 17.1 Å². The van der Waals surface area contributed by atoms with Crippen LogP contribution in [0.4, 0.5) is 0 Å². The second kappa shape index (κ2) is 10.2. The SMILES string of the molecule is NC(=O)C1(C(Cc2ccccc2)NC(=O)c2cccnc2-n2cnc(-c3cccc(Cl)c3)c2)OC=CO1. The van der Waals surface area contributed by atoms with Crippen LogP contribution in [-0.2, 0) is 20.7 Å². The largest absolute Gasteiger partial charge is 0.447 e. The number of halogens is 1. The molecule has 186 valence electrons. The van der Waals surface area contributed by atoms with E-state index in [1.165, 1.54) is 12.5 Å². The number of carbonyl (C=O) groups is 2. The van der Waals surface area contributed by atoms with Gasteiger partial charge < -0.3 is 20.5 Å². The van der Waals surface area contributed by atoms with E-state index in [1.807, 2.05) is 42.5 Å². The van der Waals surface area contributed by atoms with E-state index in [1.54, 1.807) is 47.6 Å². The van der Waals surface area contributed by atoms with Crippen LogP contribution in [0.5, 0.6) is 0 Å². The van der Waals surface area contributed by atoms with Gasteiger partial charge in [0.15, 0.2) is 5.82 Å². The molecule has 3 N–H and O–H groups in total. The third-order valence-corrected chi connectivity index (χ3v) is 6.15. The van der Waals surface area contributed by atoms with Crippen LogP contribution in [0.15, 0.2) is 98.0 Å². The van der Waals surface area contributed by atoms with Crippen LogP contribution < -0.4 is 11.1 Å². The number of pyridine rings is 1. The summed E-state index contributed by atoms with van der Waals surface area (Å²) in [6.07, 6.45) is 7.57. The van der Waals surface area contributed by atoms with Crippen molar-refractivity contribution in [1.29, 1.82) is 0 Å². The van der Waals surface area contributed by atoms with Crippen molar-refractivity contribution >= 4 is 23.4 Å². The minimum absolute atomic E-state index is 0.219. The quantitative estimate of drug-likeness (QED) is 0.369. The molecule has 3 heterocycles. The van der Waals surface area contributed by atoms with Gasteiger partial charge in [-0.05, 0) is 29.8 Å². The second-order valence-corrected chi connectivity index (χ2v) is 8.74. The molecule has 0 fully saturated rings. The van der Waals surface area contributed by atoms with Gasteiger partial charge in [0.25, 0.3) is 5.91 Å². The summed E-state index contributed by atoms with van der Waals surface area (Å²) in [6.45, 7) is 0. The predicted molar refractivity (Wildman–Crippen MR) is 136 cm³/mol. The molecule has 5 rings (SSSR count). The number of carbonyl (C=O) groups excluding carboxylic acids is 2. The van der Waals surface area contributed by atoms with Crippen LogP contribution in [0, 0.1) is 0 Å². The summed E-state index contributed by atoms with van der Waals surface area (Å²) in [5.74, 6) is -2.92. The molecular weight excluding hydrogens is 494 g/mol. The topological polar surface area (TPSA) is 121 Å². The fourth-order valence-corrected chi connectivity index (χ4v) is 4.31. The highest BCUT2D eigenvalue weighted by Gasteiger charge is 2.51. The molecule has 4 aromatic rings. The molecule has 0 spiro atoms. The Balaban J connectivity index is 1.46. The van der Waals surface area contributed by atoms with E-state index in [0.717, 1.165) is 11.1 Å². The first-order valence-electron chi connectivity index (χ1n) is 11.4. The molecule has 2 aromatic carbocycles. The van der Waals surface area contributed by atoms with Crippen LogP contribution in [0.3, 0.4) is 0 Å². The highest BCUT2D eigenvalue weighted by atomic mass is 35.5. The summed E-state index contributed by atoms with van der Waals surface area (Å²) in [7, 11) is 0. The average Bonchev–Trinajstić information content (AvgIpc) is 3.60. The number of hydrogen-bond acceptors (Lipinski definition) is 6. The van der Waals surface area contributed by atoms with Crippen molar-refractivity contribution in [2.75, 3.05) is 0 Å². The Morgan fingerprint density at radius 3 is 2.54 bits per heavy atom. The standard InChI is InChI=1S/C27H22ClN5O4/c28-20-9-4-8-19(15-20)22-16-33(17-31-22)24-21(10-5-11-30-24)25(34)32-23(14-18-6-2-1-3-7-18)27(26(29)35)36-12-13-37-27/h1-13,15-17,23H,14H2,(H2,29,35)(H,32,34). The van der Waals surface area contributed by atoms with Crippen molar-refractivity contribution in [2.45, 2.75) is 18.2 Å². The van der Waals surface area contributed by atoms with E-state index in [0.29, 0.717) is 16.5 Å². The smallest absolute Gasteiger partial charge is 0.352 e. The molecule has 0 aliphatic carbocycles. The van der Waals surface area contributed by atoms with Gasteiger partial charge >= 0.3 is 11.7 Å². The molecule has 2 aromatic heterocycles. The van der Waals surface area contributed by atoms with E-state index in [2.05, 4.69) is 15.3 Å². The number of ether oxygens (including phenoxy) is 2. The zero-order valence-electron chi connectivity index (χ0n) is 19.5. The monoisotopic (exact) mass is 515 g/mol. The maximum atomic E-state index is 13.6. The molecule has 1 atom stereocenters. The molecule has 0 saturated heterocycles. The summed E-state index contributed by atoms with van der Waals surface area (Å²) < 4.78 is 12.7. The van der Waals surface area contributed by atoms with Gasteiger partial charge in [-0.1, -0.05) is 54.1 Å². The van der Waals surface area contributed by atoms with Gasteiger partial charge in [-0.3, -0.25) is 14.2 Å². The minimum Gasteiger partial charge on any atom is -0.447 e. The number of primary amides is 1. The van der Waals surface area contributed by atoms with Crippen molar-refractivity contribution in [3.63, 3.8) is 0 Å². The summed E-state index contributed by atoms with van der Waals surface area (Å²) in [5.41, 5.74) is 8.26. The molecule has 10 heteroatoms. The van der Waals surface area contributed by atoms with Gasteiger partial charge in [0, 0.05) is 29.4 Å². The third-order valence-electron chi connectivity index (χ3n) is 5.91. The van der Waals surface area contributed by atoms with E-state index in [9.17, 15) is 9.59 Å². The van der Waals surface area contributed by atoms with Gasteiger partial charge in [0.05, 0.1) is 11.3 Å². The lowest BCUT2D eigenvalue weighted by Gasteiger charge is -2.33. The van der Waals surface area contributed by atoms with E-state index < -0.39 is 23.6 Å². The Morgan fingerprint density at radius 1 is 1.03 bits per heavy atom. The van der Waals surface area contributed by atoms with Gasteiger partial charge in [-0.25, -0.2) is 9.97 Å². The first kappa shape index (κ1) is 24.1. The third kappa shape index (κ3) is 4.89. The average molecular weight is 516 g/mol. The predicted octanol–water partition coefficient (Wildman–Crippen LogP) is 3.63. The molecule has 0 radical (unpaired) electrons. The lowest BCUT2D eigenvalue weighted by molar-refractivity contribution is -0.182. The Hall–Kier alpha value is -4.63. The normalized spacial score (nSPS) is 14.4. The number of nitrogens with one attached hydrogen (secondary N) is 1. The Bertz CT molecular complexity index is 1460. The van der Waals surface area contributed by atoms with Gasteiger partial charge in [0.2, 0.25) is 0 Å². The lowest BCUT2D eigenvalue weighted by Crippen LogP contribution is -2.61. The Labute approximate surface area is 217 Å². The van der Waals surface area contributed by atoms with Crippen LogP contribution in [0.2, 0.25) is 5.02 Å². The molecule has 2 amide bonds. The number of nitrogens with two attached hydrogens (primary N) is 1. The zero-order valence-corrected chi connectivity index (χ0v) is 20.2. The van der Waals surface area contributed by atoms with E-state index in [4.69, 9.17) is 26.8 Å². The first-order chi connectivity index (χ1) is 18.0. The van der Waals surface area contributed by atoms with Gasteiger partial charge in [-0.15, -0.1) is 0 Å². The number of hydrogen-bond donors (Lipinski definition) is 2. The van der Waals surface area contributed by atoms with Crippen molar-refractivity contribution in [2.24, 2.45) is 5.73 Å². The second-order valence-electron chi connectivity index (χ2n) is 8.31. The van der Waals surface area contributed by atoms with Crippen molar-refractivity contribution in [1.82, 2.24) is 19.9 Å². The fraction of sp³-hybridized carbons (Fsp3) is 0.111. The van der Waals surface area contributed by atoms with Gasteiger partial charge in [-0.2, -0.15) is 0 Å². The molecule has 1 aliphatic heterocycles. The number of benzene rings is 2. The Kier molecular flexibility index (Phi) is 6.61. The van der Waals surface area contributed by atoms with Gasteiger partial charge in [0.1, 0.15) is 24.9 Å². The Morgan fingerprint density at radius 2 is 1.81 bits per heavy atom. The van der Waals surface area contributed by atoms with E-state index in [-0.39, 0.29) is 12.0 Å². The molecule has 37 heavy (non-hydrogen) atoms. The maximum Gasteiger partial charge on any atom is 0.352 e.